The first-order valence-corrected chi connectivity index (χ1v) is 8.37. The van der Waals surface area contributed by atoms with Crippen molar-refractivity contribution >= 4 is 16.8 Å². The summed E-state index contributed by atoms with van der Waals surface area (Å²) in [5, 5.41) is 11.9. The summed E-state index contributed by atoms with van der Waals surface area (Å²) >= 11 is 0. The molecule has 6 nitrogen and oxygen atoms in total. The fourth-order valence-electron chi connectivity index (χ4n) is 2.93. The summed E-state index contributed by atoms with van der Waals surface area (Å²) < 4.78 is 5.61. The molecule has 4 aromatic rings. The van der Waals surface area contributed by atoms with Crippen LogP contribution in [0.3, 0.4) is 0 Å². The molecular formula is C20H18N4O2. The molecular weight excluding hydrogens is 328 g/mol. The van der Waals surface area contributed by atoms with Gasteiger partial charge in [-0.1, -0.05) is 29.8 Å². The van der Waals surface area contributed by atoms with Crippen LogP contribution in [0, 0.1) is 13.8 Å². The number of amides is 1. The Labute approximate surface area is 150 Å². The van der Waals surface area contributed by atoms with Gasteiger partial charge in [0.05, 0.1) is 6.54 Å². The summed E-state index contributed by atoms with van der Waals surface area (Å²) in [6.07, 6.45) is 0. The molecule has 0 unspecified atom stereocenters. The molecule has 0 spiro atoms. The number of nitrogens with one attached hydrogen (secondary N) is 2. The van der Waals surface area contributed by atoms with E-state index in [1.807, 2.05) is 56.3 Å². The number of aromatic amines is 1. The van der Waals surface area contributed by atoms with Crippen LogP contribution in [0.25, 0.3) is 22.4 Å². The minimum Gasteiger partial charge on any atom is -0.419 e. The van der Waals surface area contributed by atoms with E-state index in [0.29, 0.717) is 17.5 Å². The van der Waals surface area contributed by atoms with Gasteiger partial charge in [-0.05, 0) is 43.7 Å². The van der Waals surface area contributed by atoms with Crippen LogP contribution in [-0.2, 0) is 6.54 Å². The van der Waals surface area contributed by atoms with Crippen LogP contribution in [0.4, 0.5) is 0 Å². The van der Waals surface area contributed by atoms with Crippen LogP contribution < -0.4 is 5.32 Å². The predicted octanol–water partition coefficient (Wildman–Crippen LogP) is 3.76. The van der Waals surface area contributed by atoms with Gasteiger partial charge in [0.25, 0.3) is 5.91 Å². The molecule has 0 aliphatic rings. The highest BCUT2D eigenvalue weighted by atomic mass is 16.4. The third-order valence-electron chi connectivity index (χ3n) is 4.33. The van der Waals surface area contributed by atoms with Crippen molar-refractivity contribution in [2.75, 3.05) is 0 Å². The lowest BCUT2D eigenvalue weighted by molar-refractivity contribution is 0.0942. The van der Waals surface area contributed by atoms with E-state index in [1.165, 1.54) is 0 Å². The van der Waals surface area contributed by atoms with Crippen molar-refractivity contribution in [2.45, 2.75) is 20.4 Å². The number of hydrogen-bond acceptors (Lipinski definition) is 4. The van der Waals surface area contributed by atoms with E-state index < -0.39 is 0 Å². The van der Waals surface area contributed by atoms with Gasteiger partial charge in [0.1, 0.15) is 5.69 Å². The molecule has 2 aromatic heterocycles. The Morgan fingerprint density at radius 3 is 2.73 bits per heavy atom. The van der Waals surface area contributed by atoms with E-state index >= 15 is 0 Å². The third-order valence-corrected chi connectivity index (χ3v) is 4.33. The number of H-pyrrole nitrogens is 1. The number of fused-ring (bicyclic) bond motifs is 1. The van der Waals surface area contributed by atoms with Gasteiger partial charge >= 0.3 is 0 Å². The number of aryl methyl sites for hydroxylation is 2. The molecule has 130 valence electrons. The van der Waals surface area contributed by atoms with Crippen LogP contribution in [0.15, 0.2) is 52.9 Å². The lowest BCUT2D eigenvalue weighted by atomic mass is 10.1. The Balaban J connectivity index is 1.49. The fourth-order valence-corrected chi connectivity index (χ4v) is 2.93. The molecule has 1 amide bonds. The van der Waals surface area contributed by atoms with E-state index in [9.17, 15) is 4.79 Å². The van der Waals surface area contributed by atoms with Gasteiger partial charge in [0, 0.05) is 16.5 Å². The monoisotopic (exact) mass is 346 g/mol. The van der Waals surface area contributed by atoms with Crippen molar-refractivity contribution < 1.29 is 9.21 Å². The average molecular weight is 346 g/mol. The Morgan fingerprint density at radius 1 is 1.12 bits per heavy atom. The zero-order valence-electron chi connectivity index (χ0n) is 14.5. The van der Waals surface area contributed by atoms with Crippen molar-refractivity contribution in [3.63, 3.8) is 0 Å². The Bertz CT molecular complexity index is 1080. The lowest BCUT2D eigenvalue weighted by Gasteiger charge is -2.01. The van der Waals surface area contributed by atoms with Gasteiger partial charge in [-0.2, -0.15) is 0 Å². The van der Waals surface area contributed by atoms with Crippen LogP contribution in [0.5, 0.6) is 0 Å². The molecule has 0 aliphatic carbocycles. The standard InChI is InChI=1S/C20H18N4O2/c1-12-8-9-16-15(10-12)13(2)18(22-16)19(25)21-11-17-23-24-20(26-17)14-6-4-3-5-7-14/h3-10,22H,11H2,1-2H3,(H,21,25). The second-order valence-electron chi connectivity index (χ2n) is 6.22. The van der Waals surface area contributed by atoms with E-state index in [2.05, 4.69) is 26.6 Å². The maximum atomic E-state index is 12.5. The minimum absolute atomic E-state index is 0.173. The van der Waals surface area contributed by atoms with Crippen molar-refractivity contribution in [1.29, 1.82) is 0 Å². The molecule has 0 fully saturated rings. The number of aromatic nitrogens is 3. The third kappa shape index (κ3) is 2.97. The highest BCUT2D eigenvalue weighted by molar-refractivity contribution is 6.00. The predicted molar refractivity (Wildman–Crippen MR) is 98.7 cm³/mol. The second-order valence-corrected chi connectivity index (χ2v) is 6.22. The first kappa shape index (κ1) is 16.1. The largest absolute Gasteiger partial charge is 0.419 e. The minimum atomic E-state index is -0.198. The van der Waals surface area contributed by atoms with Gasteiger partial charge in [-0.15, -0.1) is 10.2 Å². The molecule has 0 bridgehead atoms. The van der Waals surface area contributed by atoms with Crippen molar-refractivity contribution in [1.82, 2.24) is 20.5 Å². The fraction of sp³-hybridized carbons (Fsp3) is 0.150. The molecule has 0 radical (unpaired) electrons. The smallest absolute Gasteiger partial charge is 0.268 e. The SMILES string of the molecule is Cc1ccc2[nH]c(C(=O)NCc3nnc(-c4ccccc4)o3)c(C)c2c1. The zero-order chi connectivity index (χ0) is 18.1. The summed E-state index contributed by atoms with van der Waals surface area (Å²) in [5.74, 6) is 0.602. The van der Waals surface area contributed by atoms with Gasteiger partial charge in [0.15, 0.2) is 0 Å². The van der Waals surface area contributed by atoms with Gasteiger partial charge in [-0.3, -0.25) is 4.79 Å². The van der Waals surface area contributed by atoms with E-state index in [-0.39, 0.29) is 12.5 Å². The topological polar surface area (TPSA) is 83.8 Å². The van der Waals surface area contributed by atoms with Crippen molar-refractivity contribution in [3.8, 4) is 11.5 Å². The number of nitrogens with zero attached hydrogens (tertiary/aromatic N) is 2. The Morgan fingerprint density at radius 2 is 1.92 bits per heavy atom. The molecule has 0 aliphatic heterocycles. The molecule has 0 atom stereocenters. The quantitative estimate of drug-likeness (QED) is 0.589. The number of hydrogen-bond donors (Lipinski definition) is 2. The van der Waals surface area contributed by atoms with E-state index in [0.717, 1.165) is 27.6 Å². The van der Waals surface area contributed by atoms with Crippen LogP contribution in [0.2, 0.25) is 0 Å². The first-order valence-electron chi connectivity index (χ1n) is 8.37. The van der Waals surface area contributed by atoms with Crippen molar-refractivity contribution in [3.05, 3.63) is 71.2 Å². The average Bonchev–Trinajstić information content (AvgIpc) is 3.26. The van der Waals surface area contributed by atoms with Gasteiger partial charge in [0.2, 0.25) is 11.8 Å². The Hall–Kier alpha value is -3.41. The lowest BCUT2D eigenvalue weighted by Crippen LogP contribution is -2.24. The highest BCUT2D eigenvalue weighted by Gasteiger charge is 2.16. The summed E-state index contributed by atoms with van der Waals surface area (Å²) in [7, 11) is 0. The normalized spacial score (nSPS) is 11.0. The number of rotatable bonds is 4. The van der Waals surface area contributed by atoms with E-state index in [1.54, 1.807) is 0 Å². The van der Waals surface area contributed by atoms with Gasteiger partial charge in [-0.25, -0.2) is 0 Å². The summed E-state index contributed by atoms with van der Waals surface area (Å²) in [6, 6.07) is 15.6. The van der Waals surface area contributed by atoms with E-state index in [4.69, 9.17) is 4.42 Å². The van der Waals surface area contributed by atoms with Crippen LogP contribution >= 0.6 is 0 Å². The molecule has 4 rings (SSSR count). The van der Waals surface area contributed by atoms with Crippen LogP contribution in [0.1, 0.15) is 27.5 Å². The van der Waals surface area contributed by atoms with Gasteiger partial charge < -0.3 is 14.7 Å². The molecule has 0 saturated heterocycles. The maximum Gasteiger partial charge on any atom is 0.268 e. The maximum absolute atomic E-state index is 12.5. The zero-order valence-corrected chi connectivity index (χ0v) is 14.5. The highest BCUT2D eigenvalue weighted by Crippen LogP contribution is 2.23. The number of benzene rings is 2. The van der Waals surface area contributed by atoms with Crippen molar-refractivity contribution in [2.24, 2.45) is 0 Å². The first-order chi connectivity index (χ1) is 12.6. The second kappa shape index (κ2) is 6.48. The molecule has 26 heavy (non-hydrogen) atoms. The summed E-state index contributed by atoms with van der Waals surface area (Å²) in [6.45, 7) is 4.14. The molecule has 2 N–H and O–H groups in total. The summed E-state index contributed by atoms with van der Waals surface area (Å²) in [5.41, 5.74) is 4.43. The number of carbonyl (C=O) groups excluding carboxylic acids is 1. The molecule has 0 saturated carbocycles. The van der Waals surface area contributed by atoms with Crippen LogP contribution in [-0.4, -0.2) is 21.1 Å². The number of carbonyl (C=O) groups is 1. The molecule has 2 aromatic carbocycles. The molecule has 6 heteroatoms. The Kier molecular flexibility index (Phi) is 4.01. The molecule has 2 heterocycles. The summed E-state index contributed by atoms with van der Waals surface area (Å²) in [4.78, 5) is 15.7.